The zero-order valence-corrected chi connectivity index (χ0v) is 13.7. The average molecular weight is 311 g/mol. The number of carbonyl (C=O) groups excluding carboxylic acids is 2. The molecule has 0 saturated carbocycles. The first-order valence-electron chi connectivity index (χ1n) is 7.46. The quantitative estimate of drug-likeness (QED) is 0.770. The number of hydrogen-bond acceptors (Lipinski definition) is 3. The molecule has 120 valence electrons. The first kappa shape index (κ1) is 16.7. The molecule has 0 spiro atoms. The zero-order valence-electron chi connectivity index (χ0n) is 13.7. The Balaban J connectivity index is 2.31. The molecule has 1 amide bonds. The molecule has 0 fully saturated rings. The molecule has 0 radical (unpaired) electrons. The third-order valence-electron chi connectivity index (χ3n) is 3.77. The molecule has 0 aliphatic heterocycles. The standard InChI is InChI=1S/C19H21NO3/c1-20(2)18(21)13-17(14-7-5-4-6-8-14)19(22)15-9-11-16(23-3)12-10-15/h4-12,17H,13H2,1-3H3/t17-/m1/s1. The highest BCUT2D eigenvalue weighted by Gasteiger charge is 2.25. The lowest BCUT2D eigenvalue weighted by Crippen LogP contribution is -2.26. The lowest BCUT2D eigenvalue weighted by Gasteiger charge is -2.18. The number of amides is 1. The molecule has 0 N–H and O–H groups in total. The number of ether oxygens (including phenoxy) is 1. The Labute approximate surface area is 136 Å². The molecule has 4 heteroatoms. The fourth-order valence-corrected chi connectivity index (χ4v) is 2.36. The number of nitrogens with zero attached hydrogens (tertiary/aromatic N) is 1. The van der Waals surface area contributed by atoms with Gasteiger partial charge in [0.2, 0.25) is 5.91 Å². The molecule has 0 aliphatic carbocycles. The predicted molar refractivity (Wildman–Crippen MR) is 89.8 cm³/mol. The van der Waals surface area contributed by atoms with Crippen molar-refractivity contribution in [2.24, 2.45) is 0 Å². The van der Waals surface area contributed by atoms with Crippen LogP contribution in [0.25, 0.3) is 0 Å². The molecule has 2 aromatic rings. The summed E-state index contributed by atoms with van der Waals surface area (Å²) in [6.07, 6.45) is 0.155. The summed E-state index contributed by atoms with van der Waals surface area (Å²) in [7, 11) is 4.98. The number of rotatable bonds is 6. The first-order chi connectivity index (χ1) is 11.0. The van der Waals surface area contributed by atoms with Crippen LogP contribution in [0.2, 0.25) is 0 Å². The molecule has 1 atom stereocenters. The number of benzene rings is 2. The summed E-state index contributed by atoms with van der Waals surface area (Å²) < 4.78 is 5.12. The van der Waals surface area contributed by atoms with Crippen molar-refractivity contribution < 1.29 is 14.3 Å². The van der Waals surface area contributed by atoms with Gasteiger partial charge in [-0.2, -0.15) is 0 Å². The monoisotopic (exact) mass is 311 g/mol. The maximum absolute atomic E-state index is 12.9. The molecular weight excluding hydrogens is 290 g/mol. The van der Waals surface area contributed by atoms with Crippen LogP contribution in [-0.2, 0) is 4.79 Å². The lowest BCUT2D eigenvalue weighted by atomic mass is 9.87. The summed E-state index contributed by atoms with van der Waals surface area (Å²) in [5, 5.41) is 0. The van der Waals surface area contributed by atoms with Gasteiger partial charge < -0.3 is 9.64 Å². The molecule has 0 bridgehead atoms. The molecule has 4 nitrogen and oxygen atoms in total. The van der Waals surface area contributed by atoms with Crippen molar-refractivity contribution in [2.75, 3.05) is 21.2 Å². The van der Waals surface area contributed by atoms with E-state index >= 15 is 0 Å². The van der Waals surface area contributed by atoms with Crippen molar-refractivity contribution in [1.82, 2.24) is 4.90 Å². The molecule has 23 heavy (non-hydrogen) atoms. The van der Waals surface area contributed by atoms with Gasteiger partial charge >= 0.3 is 0 Å². The Morgan fingerprint density at radius 1 is 1.00 bits per heavy atom. The van der Waals surface area contributed by atoms with E-state index in [9.17, 15) is 9.59 Å². The molecule has 0 heterocycles. The Bertz CT molecular complexity index is 663. The first-order valence-corrected chi connectivity index (χ1v) is 7.46. The summed E-state index contributed by atoms with van der Waals surface area (Å²) in [5.74, 6) is 0.0800. The van der Waals surface area contributed by atoms with Gasteiger partial charge in [-0.15, -0.1) is 0 Å². The van der Waals surface area contributed by atoms with Crippen LogP contribution in [0.1, 0.15) is 28.3 Å². The molecule has 2 aromatic carbocycles. The lowest BCUT2D eigenvalue weighted by molar-refractivity contribution is -0.128. The number of ketones is 1. The van der Waals surface area contributed by atoms with E-state index in [1.54, 1.807) is 45.5 Å². The summed E-state index contributed by atoms with van der Waals surface area (Å²) in [6, 6.07) is 16.4. The molecule has 0 aromatic heterocycles. The third-order valence-corrected chi connectivity index (χ3v) is 3.77. The van der Waals surface area contributed by atoms with Crippen molar-refractivity contribution >= 4 is 11.7 Å². The minimum Gasteiger partial charge on any atom is -0.497 e. The van der Waals surface area contributed by atoms with Crippen molar-refractivity contribution in [3.8, 4) is 5.75 Å². The fraction of sp³-hybridized carbons (Fsp3) is 0.263. The Morgan fingerprint density at radius 2 is 1.61 bits per heavy atom. The second-order valence-corrected chi connectivity index (χ2v) is 5.55. The van der Waals surface area contributed by atoms with E-state index in [2.05, 4.69) is 0 Å². The van der Waals surface area contributed by atoms with E-state index in [0.717, 1.165) is 5.56 Å². The molecule has 0 saturated heterocycles. The fourth-order valence-electron chi connectivity index (χ4n) is 2.36. The van der Waals surface area contributed by atoms with Crippen molar-refractivity contribution in [2.45, 2.75) is 12.3 Å². The van der Waals surface area contributed by atoms with E-state index in [-0.39, 0.29) is 18.1 Å². The second-order valence-electron chi connectivity index (χ2n) is 5.55. The van der Waals surface area contributed by atoms with Gasteiger partial charge in [-0.1, -0.05) is 30.3 Å². The number of Topliss-reactive ketones (excluding diaryl/α,β-unsaturated/α-hetero) is 1. The van der Waals surface area contributed by atoms with E-state index < -0.39 is 5.92 Å². The topological polar surface area (TPSA) is 46.6 Å². The van der Waals surface area contributed by atoms with Gasteiger partial charge in [-0.25, -0.2) is 0 Å². The van der Waals surface area contributed by atoms with E-state index in [4.69, 9.17) is 4.74 Å². The predicted octanol–water partition coefficient (Wildman–Crippen LogP) is 3.14. The smallest absolute Gasteiger partial charge is 0.223 e. The summed E-state index contributed by atoms with van der Waals surface area (Å²) >= 11 is 0. The largest absolute Gasteiger partial charge is 0.497 e. The third kappa shape index (κ3) is 4.19. The summed E-state index contributed by atoms with van der Waals surface area (Å²) in [5.41, 5.74) is 1.43. The zero-order chi connectivity index (χ0) is 16.8. The van der Waals surface area contributed by atoms with Crippen LogP contribution >= 0.6 is 0 Å². The summed E-state index contributed by atoms with van der Waals surface area (Å²) in [4.78, 5) is 26.5. The molecule has 2 rings (SSSR count). The maximum Gasteiger partial charge on any atom is 0.223 e. The highest BCUT2D eigenvalue weighted by atomic mass is 16.5. The number of carbonyl (C=O) groups is 2. The highest BCUT2D eigenvalue weighted by molar-refractivity contribution is 6.03. The van der Waals surface area contributed by atoms with Crippen LogP contribution in [0.15, 0.2) is 54.6 Å². The minimum atomic E-state index is -0.487. The van der Waals surface area contributed by atoms with Crippen LogP contribution in [-0.4, -0.2) is 37.8 Å². The Morgan fingerprint density at radius 3 is 2.13 bits per heavy atom. The van der Waals surface area contributed by atoms with Gasteiger partial charge in [0.05, 0.1) is 13.0 Å². The Kier molecular flexibility index (Phi) is 5.52. The van der Waals surface area contributed by atoms with Gasteiger partial charge in [-0.3, -0.25) is 9.59 Å². The van der Waals surface area contributed by atoms with Crippen LogP contribution in [0.3, 0.4) is 0 Å². The van der Waals surface area contributed by atoms with Gasteiger partial charge in [-0.05, 0) is 29.8 Å². The van der Waals surface area contributed by atoms with Crippen LogP contribution in [0.5, 0.6) is 5.75 Å². The Hall–Kier alpha value is -2.62. The number of methoxy groups -OCH3 is 1. The summed E-state index contributed by atoms with van der Waals surface area (Å²) in [6.45, 7) is 0. The molecule has 0 aliphatic rings. The van der Waals surface area contributed by atoms with Crippen LogP contribution in [0, 0.1) is 0 Å². The van der Waals surface area contributed by atoms with Crippen molar-refractivity contribution in [3.63, 3.8) is 0 Å². The van der Waals surface area contributed by atoms with E-state index in [1.807, 2.05) is 30.3 Å². The normalized spacial score (nSPS) is 11.6. The van der Waals surface area contributed by atoms with Crippen LogP contribution < -0.4 is 4.74 Å². The molecule has 0 unspecified atom stereocenters. The van der Waals surface area contributed by atoms with Gasteiger partial charge in [0.1, 0.15) is 5.75 Å². The van der Waals surface area contributed by atoms with Gasteiger partial charge in [0, 0.05) is 26.1 Å². The second kappa shape index (κ2) is 7.58. The van der Waals surface area contributed by atoms with Gasteiger partial charge in [0.25, 0.3) is 0 Å². The van der Waals surface area contributed by atoms with E-state index in [0.29, 0.717) is 11.3 Å². The molecular formula is C19H21NO3. The van der Waals surface area contributed by atoms with Crippen molar-refractivity contribution in [1.29, 1.82) is 0 Å². The minimum absolute atomic E-state index is 0.0611. The SMILES string of the molecule is COc1ccc(C(=O)[C@H](CC(=O)N(C)C)c2ccccc2)cc1. The average Bonchev–Trinajstić information content (AvgIpc) is 2.59. The van der Waals surface area contributed by atoms with Crippen LogP contribution in [0.4, 0.5) is 0 Å². The van der Waals surface area contributed by atoms with E-state index in [1.165, 1.54) is 4.90 Å². The highest BCUT2D eigenvalue weighted by Crippen LogP contribution is 2.26. The number of hydrogen-bond donors (Lipinski definition) is 0. The maximum atomic E-state index is 12.9. The van der Waals surface area contributed by atoms with Crippen molar-refractivity contribution in [3.05, 3.63) is 65.7 Å². The van der Waals surface area contributed by atoms with Gasteiger partial charge in [0.15, 0.2) is 5.78 Å².